The third kappa shape index (κ3) is 4.31. The highest BCUT2D eigenvalue weighted by atomic mass is 16.2. The molecule has 2 aliphatic rings. The third-order valence-electron chi connectivity index (χ3n) is 7.52. The maximum atomic E-state index is 13.2. The van der Waals surface area contributed by atoms with Crippen molar-refractivity contribution in [1.82, 2.24) is 30.3 Å². The van der Waals surface area contributed by atoms with E-state index in [0.29, 0.717) is 18.7 Å². The number of likely N-dealkylation sites (N-methyl/N-ethyl adjacent to an activating group) is 1. The Kier molecular flexibility index (Phi) is 6.08. The number of para-hydroxylation sites is 1. The average molecular weight is 477 g/mol. The number of nitrogens with one attached hydrogen (secondary N) is 3. The Balaban J connectivity index is 1.25. The highest BCUT2D eigenvalue weighted by Crippen LogP contribution is 2.27. The standard InChI is InChI=1S/C26H32N6O3/c1-26(25(35)29-18-8-4-3-5-9-18)16-32-22(24(34)31(26)2)14-21(30-32)23(33)27-13-12-17-15-28-20-11-7-6-10-19(17)20/h6-7,10-11,14-15,18,28H,3-5,8-9,12-13,16H2,1-2H3,(H,27,33)(H,29,35)/t26-/m0/s1. The minimum absolute atomic E-state index is 0.147. The van der Waals surface area contributed by atoms with Crippen molar-refractivity contribution >= 4 is 28.6 Å². The highest BCUT2D eigenvalue weighted by Gasteiger charge is 2.46. The maximum absolute atomic E-state index is 13.2. The van der Waals surface area contributed by atoms with Crippen LogP contribution in [0, 0.1) is 0 Å². The fourth-order valence-corrected chi connectivity index (χ4v) is 5.17. The second-order valence-corrected chi connectivity index (χ2v) is 9.88. The molecule has 0 radical (unpaired) electrons. The number of hydrogen-bond acceptors (Lipinski definition) is 4. The van der Waals surface area contributed by atoms with Crippen molar-refractivity contribution in [2.45, 2.75) is 63.6 Å². The Hall–Kier alpha value is -3.62. The van der Waals surface area contributed by atoms with Crippen LogP contribution in [0.2, 0.25) is 0 Å². The predicted octanol–water partition coefficient (Wildman–Crippen LogP) is 2.63. The Morgan fingerprint density at radius 2 is 1.97 bits per heavy atom. The van der Waals surface area contributed by atoms with Gasteiger partial charge < -0.3 is 20.5 Å². The van der Waals surface area contributed by atoms with Gasteiger partial charge in [0.15, 0.2) is 5.69 Å². The molecule has 3 N–H and O–H groups in total. The van der Waals surface area contributed by atoms with Gasteiger partial charge in [-0.2, -0.15) is 5.10 Å². The van der Waals surface area contributed by atoms with E-state index in [9.17, 15) is 14.4 Å². The minimum atomic E-state index is -1.07. The molecule has 0 unspecified atom stereocenters. The predicted molar refractivity (Wildman–Crippen MR) is 132 cm³/mol. The molecule has 3 aromatic rings. The van der Waals surface area contributed by atoms with E-state index in [1.807, 2.05) is 24.4 Å². The molecule has 1 aliphatic carbocycles. The van der Waals surface area contributed by atoms with Gasteiger partial charge in [0, 0.05) is 42.8 Å². The van der Waals surface area contributed by atoms with E-state index in [4.69, 9.17) is 0 Å². The van der Waals surface area contributed by atoms with Gasteiger partial charge >= 0.3 is 0 Å². The van der Waals surface area contributed by atoms with Gasteiger partial charge in [-0.15, -0.1) is 0 Å². The van der Waals surface area contributed by atoms with E-state index in [1.165, 1.54) is 22.1 Å². The van der Waals surface area contributed by atoms with Gasteiger partial charge in [-0.3, -0.25) is 19.1 Å². The van der Waals surface area contributed by atoms with Gasteiger partial charge in [-0.05, 0) is 37.8 Å². The number of amides is 3. The summed E-state index contributed by atoms with van der Waals surface area (Å²) < 4.78 is 1.50. The van der Waals surface area contributed by atoms with Crippen LogP contribution in [-0.4, -0.2) is 62.6 Å². The molecule has 35 heavy (non-hydrogen) atoms. The third-order valence-corrected chi connectivity index (χ3v) is 7.52. The lowest BCUT2D eigenvalue weighted by molar-refractivity contribution is -0.133. The lowest BCUT2D eigenvalue weighted by Gasteiger charge is -2.41. The fourth-order valence-electron chi connectivity index (χ4n) is 5.17. The number of H-pyrrole nitrogens is 1. The van der Waals surface area contributed by atoms with Gasteiger partial charge in [0.1, 0.15) is 11.2 Å². The first-order chi connectivity index (χ1) is 16.9. The Bertz CT molecular complexity index is 1270. The summed E-state index contributed by atoms with van der Waals surface area (Å²) in [4.78, 5) is 43.8. The van der Waals surface area contributed by atoms with Gasteiger partial charge in [0.2, 0.25) is 5.91 Å². The van der Waals surface area contributed by atoms with Crippen LogP contribution < -0.4 is 10.6 Å². The van der Waals surface area contributed by atoms with E-state index in [-0.39, 0.29) is 36.0 Å². The smallest absolute Gasteiger partial charge is 0.272 e. The summed E-state index contributed by atoms with van der Waals surface area (Å²) in [5.41, 5.74) is 1.61. The van der Waals surface area contributed by atoms with E-state index in [1.54, 1.807) is 14.0 Å². The molecule has 1 saturated carbocycles. The van der Waals surface area contributed by atoms with Gasteiger partial charge in [0.05, 0.1) is 6.54 Å². The molecule has 1 fully saturated rings. The molecule has 1 atom stereocenters. The Morgan fingerprint density at radius 3 is 2.77 bits per heavy atom. The number of carbonyl (C=O) groups is 3. The SMILES string of the molecule is CN1C(=O)c2cc(C(=O)NCCc3c[nH]c4ccccc34)nn2C[C@@]1(C)C(=O)NC1CCCCC1. The Labute approximate surface area is 204 Å². The number of carbonyl (C=O) groups excluding carboxylic acids is 3. The molecule has 5 rings (SSSR count). The molecule has 1 aliphatic heterocycles. The van der Waals surface area contributed by atoms with E-state index in [0.717, 1.165) is 42.1 Å². The lowest BCUT2D eigenvalue weighted by Crippen LogP contribution is -2.63. The number of nitrogens with zero attached hydrogens (tertiary/aromatic N) is 3. The van der Waals surface area contributed by atoms with Gasteiger partial charge in [-0.25, -0.2) is 0 Å². The molecule has 2 aromatic heterocycles. The maximum Gasteiger partial charge on any atom is 0.272 e. The zero-order valence-electron chi connectivity index (χ0n) is 20.3. The van der Waals surface area contributed by atoms with Crippen LogP contribution in [-0.2, 0) is 17.8 Å². The molecule has 0 spiro atoms. The van der Waals surface area contributed by atoms with Crippen molar-refractivity contribution in [2.75, 3.05) is 13.6 Å². The van der Waals surface area contributed by atoms with Gasteiger partial charge in [0.25, 0.3) is 11.8 Å². The van der Waals surface area contributed by atoms with E-state index >= 15 is 0 Å². The second-order valence-electron chi connectivity index (χ2n) is 9.88. The monoisotopic (exact) mass is 476 g/mol. The van der Waals surface area contributed by atoms with E-state index in [2.05, 4.69) is 26.8 Å². The molecule has 3 heterocycles. The number of fused-ring (bicyclic) bond motifs is 2. The molecule has 3 amide bonds. The molecule has 0 saturated heterocycles. The molecule has 184 valence electrons. The first-order valence-corrected chi connectivity index (χ1v) is 12.4. The average Bonchev–Trinajstić information content (AvgIpc) is 3.48. The van der Waals surface area contributed by atoms with Crippen LogP contribution in [0.3, 0.4) is 0 Å². The van der Waals surface area contributed by atoms with Crippen LogP contribution in [0.4, 0.5) is 0 Å². The summed E-state index contributed by atoms with van der Waals surface area (Å²) >= 11 is 0. The molecule has 9 nitrogen and oxygen atoms in total. The summed E-state index contributed by atoms with van der Waals surface area (Å²) in [7, 11) is 1.64. The normalized spacial score (nSPS) is 20.6. The molecular formula is C26H32N6O3. The van der Waals surface area contributed by atoms with Crippen molar-refractivity contribution in [3.05, 3.63) is 53.5 Å². The number of aromatic nitrogens is 3. The number of rotatable bonds is 6. The van der Waals surface area contributed by atoms with Crippen LogP contribution in [0.1, 0.15) is 65.6 Å². The van der Waals surface area contributed by atoms with Crippen LogP contribution in [0.15, 0.2) is 36.5 Å². The van der Waals surface area contributed by atoms with Crippen molar-refractivity contribution < 1.29 is 14.4 Å². The fraction of sp³-hybridized carbons (Fsp3) is 0.462. The first-order valence-electron chi connectivity index (χ1n) is 12.4. The highest BCUT2D eigenvalue weighted by molar-refractivity contribution is 6.01. The zero-order valence-corrected chi connectivity index (χ0v) is 20.3. The minimum Gasteiger partial charge on any atom is -0.361 e. The zero-order chi connectivity index (χ0) is 24.6. The number of benzene rings is 1. The van der Waals surface area contributed by atoms with Crippen LogP contribution >= 0.6 is 0 Å². The number of aromatic amines is 1. The molecule has 9 heteroatoms. The summed E-state index contributed by atoms with van der Waals surface area (Å²) in [6.45, 7) is 2.40. The summed E-state index contributed by atoms with van der Waals surface area (Å²) in [5, 5.41) is 11.6. The largest absolute Gasteiger partial charge is 0.361 e. The van der Waals surface area contributed by atoms with Crippen molar-refractivity contribution in [1.29, 1.82) is 0 Å². The summed E-state index contributed by atoms with van der Waals surface area (Å²) in [5.74, 6) is -0.829. The second kappa shape index (κ2) is 9.20. The molecular weight excluding hydrogens is 444 g/mol. The van der Waals surface area contributed by atoms with Crippen LogP contribution in [0.25, 0.3) is 10.9 Å². The quantitative estimate of drug-likeness (QED) is 0.508. The van der Waals surface area contributed by atoms with Crippen LogP contribution in [0.5, 0.6) is 0 Å². The molecule has 1 aromatic carbocycles. The summed E-state index contributed by atoms with van der Waals surface area (Å²) in [6, 6.07) is 9.70. The van der Waals surface area contributed by atoms with E-state index < -0.39 is 5.54 Å². The number of hydrogen-bond donors (Lipinski definition) is 3. The lowest BCUT2D eigenvalue weighted by atomic mass is 9.92. The van der Waals surface area contributed by atoms with Gasteiger partial charge in [-0.1, -0.05) is 37.5 Å². The van der Waals surface area contributed by atoms with Crippen molar-refractivity contribution in [3.63, 3.8) is 0 Å². The summed E-state index contributed by atoms with van der Waals surface area (Å²) in [6.07, 6.45) is 7.98. The first kappa shape index (κ1) is 23.1. The Morgan fingerprint density at radius 1 is 1.20 bits per heavy atom. The van der Waals surface area contributed by atoms with Crippen molar-refractivity contribution in [2.24, 2.45) is 0 Å². The topological polar surface area (TPSA) is 112 Å². The van der Waals surface area contributed by atoms with Crippen molar-refractivity contribution in [3.8, 4) is 0 Å². The molecule has 0 bridgehead atoms.